The van der Waals surface area contributed by atoms with Crippen molar-refractivity contribution in [3.8, 4) is 0 Å². The van der Waals surface area contributed by atoms with Crippen LogP contribution in [0.2, 0.25) is 0 Å². The fourth-order valence-electron chi connectivity index (χ4n) is 1.15. The molecule has 0 amide bonds. The molecule has 3 heteroatoms. The van der Waals surface area contributed by atoms with Crippen LogP contribution in [0.25, 0.3) is 0 Å². The fourth-order valence-corrected chi connectivity index (χ4v) is 1.15. The van der Waals surface area contributed by atoms with Crippen molar-refractivity contribution in [1.29, 1.82) is 0 Å². The highest BCUT2D eigenvalue weighted by Gasteiger charge is 2.33. The largest absolute Gasteiger partial charge is 0.396 e. The second-order valence-electron chi connectivity index (χ2n) is 5.08. The summed E-state index contributed by atoms with van der Waals surface area (Å²) >= 11 is 0. The number of aliphatic hydroxyl groups is 1. The van der Waals surface area contributed by atoms with E-state index in [1.54, 1.807) is 0 Å². The molecule has 1 heterocycles. The zero-order valence-electron chi connectivity index (χ0n) is 8.87. The molecule has 0 aromatic carbocycles. The Bertz CT molecular complexity index is 209. The normalized spacial score (nSPS) is 27.6. The molecule has 3 nitrogen and oxygen atoms in total. The molecule has 76 valence electrons. The van der Waals surface area contributed by atoms with E-state index >= 15 is 0 Å². The molecule has 0 aromatic heterocycles. The van der Waals surface area contributed by atoms with Gasteiger partial charge in [-0.15, -0.1) is 0 Å². The van der Waals surface area contributed by atoms with Crippen LogP contribution in [0, 0.1) is 10.8 Å². The first-order valence-corrected chi connectivity index (χ1v) is 4.64. The molecule has 13 heavy (non-hydrogen) atoms. The lowest BCUT2D eigenvalue weighted by Crippen LogP contribution is -2.40. The van der Waals surface area contributed by atoms with Crippen molar-refractivity contribution in [3.63, 3.8) is 0 Å². The lowest BCUT2D eigenvalue weighted by molar-refractivity contribution is -0.0673. The molecule has 0 bridgehead atoms. The number of hydrogen-bond acceptors (Lipinski definition) is 3. The Hall–Kier alpha value is -0.410. The summed E-state index contributed by atoms with van der Waals surface area (Å²) in [5.41, 5.74) is -0.255. The van der Waals surface area contributed by atoms with Crippen LogP contribution < -0.4 is 0 Å². The van der Waals surface area contributed by atoms with Crippen LogP contribution in [-0.2, 0) is 4.74 Å². The Balaban J connectivity index is 2.68. The van der Waals surface area contributed by atoms with Gasteiger partial charge in [0.25, 0.3) is 0 Å². The quantitative estimate of drug-likeness (QED) is 0.707. The number of hydrogen-bond donors (Lipinski definition) is 1. The van der Waals surface area contributed by atoms with Gasteiger partial charge in [0, 0.05) is 17.0 Å². The maximum Gasteiger partial charge on any atom is 0.155 e. The van der Waals surface area contributed by atoms with E-state index in [-0.39, 0.29) is 23.7 Å². The van der Waals surface area contributed by atoms with Crippen molar-refractivity contribution < 1.29 is 9.84 Å². The SMILES string of the molecule is CC1(C)C=NC(C(C)(C)CO)OC1. The van der Waals surface area contributed by atoms with Gasteiger partial charge in [-0.3, -0.25) is 4.99 Å². The summed E-state index contributed by atoms with van der Waals surface area (Å²) in [6.07, 6.45) is 1.73. The van der Waals surface area contributed by atoms with Crippen LogP contribution in [0.1, 0.15) is 27.7 Å². The van der Waals surface area contributed by atoms with E-state index in [1.807, 2.05) is 20.1 Å². The Morgan fingerprint density at radius 2 is 2.23 bits per heavy atom. The summed E-state index contributed by atoms with van der Waals surface area (Å²) in [6, 6.07) is 0. The standard InChI is InChI=1S/C10H19NO2/c1-9(2)5-11-8(13-7-9)10(3,4)6-12/h5,8,12H,6-7H2,1-4H3. The minimum absolute atomic E-state index is 0.0298. The number of nitrogens with zero attached hydrogens (tertiary/aromatic N) is 1. The van der Waals surface area contributed by atoms with Gasteiger partial charge in [-0.05, 0) is 0 Å². The zero-order valence-corrected chi connectivity index (χ0v) is 8.87. The Morgan fingerprint density at radius 1 is 1.62 bits per heavy atom. The maximum atomic E-state index is 9.12. The van der Waals surface area contributed by atoms with Crippen molar-refractivity contribution in [1.82, 2.24) is 0 Å². The van der Waals surface area contributed by atoms with Crippen LogP contribution in [0.4, 0.5) is 0 Å². The van der Waals surface area contributed by atoms with E-state index in [0.717, 1.165) is 0 Å². The third-order valence-electron chi connectivity index (χ3n) is 2.25. The third-order valence-corrected chi connectivity index (χ3v) is 2.25. The lowest BCUT2D eigenvalue weighted by atomic mass is 9.89. The fraction of sp³-hybridized carbons (Fsp3) is 0.900. The van der Waals surface area contributed by atoms with Gasteiger partial charge in [0.15, 0.2) is 6.23 Å². The van der Waals surface area contributed by atoms with Crippen molar-refractivity contribution >= 4 is 6.21 Å². The van der Waals surface area contributed by atoms with Crippen LogP contribution >= 0.6 is 0 Å². The Kier molecular flexibility index (Phi) is 2.78. The maximum absolute atomic E-state index is 9.12. The number of ether oxygens (including phenoxy) is 1. The monoisotopic (exact) mass is 185 g/mol. The van der Waals surface area contributed by atoms with Crippen molar-refractivity contribution in [2.24, 2.45) is 15.8 Å². The highest BCUT2D eigenvalue weighted by atomic mass is 16.5. The van der Waals surface area contributed by atoms with Gasteiger partial charge in [-0.1, -0.05) is 27.7 Å². The lowest BCUT2D eigenvalue weighted by Gasteiger charge is -2.35. The minimum atomic E-state index is -0.285. The first kappa shape index (κ1) is 10.7. The summed E-state index contributed by atoms with van der Waals surface area (Å²) in [6.45, 7) is 8.83. The van der Waals surface area contributed by atoms with Gasteiger partial charge in [0.1, 0.15) is 0 Å². The van der Waals surface area contributed by atoms with E-state index in [1.165, 1.54) is 0 Å². The molecule has 1 atom stereocenters. The molecule has 1 aliphatic rings. The van der Waals surface area contributed by atoms with E-state index in [0.29, 0.717) is 6.61 Å². The zero-order chi connectivity index (χ0) is 10.1. The third kappa shape index (κ3) is 2.51. The smallest absolute Gasteiger partial charge is 0.155 e. The summed E-state index contributed by atoms with van der Waals surface area (Å²) < 4.78 is 5.59. The molecule has 0 radical (unpaired) electrons. The summed E-state index contributed by atoms with van der Waals surface area (Å²) in [7, 11) is 0. The van der Waals surface area contributed by atoms with Crippen molar-refractivity contribution in [2.45, 2.75) is 33.9 Å². The van der Waals surface area contributed by atoms with Crippen molar-refractivity contribution in [3.05, 3.63) is 0 Å². The topological polar surface area (TPSA) is 41.8 Å². The predicted molar refractivity (Wildman–Crippen MR) is 52.9 cm³/mol. The molecule has 0 spiro atoms. The second-order valence-corrected chi connectivity index (χ2v) is 5.08. The Morgan fingerprint density at radius 3 is 2.62 bits per heavy atom. The van der Waals surface area contributed by atoms with Gasteiger partial charge >= 0.3 is 0 Å². The molecule has 0 aromatic rings. The summed E-state index contributed by atoms with van der Waals surface area (Å²) in [5.74, 6) is 0. The average Bonchev–Trinajstić information content (AvgIpc) is 2.04. The molecule has 0 fully saturated rings. The van der Waals surface area contributed by atoms with Gasteiger partial charge in [-0.25, -0.2) is 0 Å². The number of aliphatic imine (C=N–C) groups is 1. The van der Waals surface area contributed by atoms with Crippen molar-refractivity contribution in [2.75, 3.05) is 13.2 Å². The highest BCUT2D eigenvalue weighted by Crippen LogP contribution is 2.29. The van der Waals surface area contributed by atoms with E-state index in [9.17, 15) is 0 Å². The van der Waals surface area contributed by atoms with E-state index in [2.05, 4.69) is 18.8 Å². The van der Waals surface area contributed by atoms with Gasteiger partial charge in [0.2, 0.25) is 0 Å². The minimum Gasteiger partial charge on any atom is -0.396 e. The molecule has 1 N–H and O–H groups in total. The van der Waals surface area contributed by atoms with Crippen LogP contribution in [-0.4, -0.2) is 30.8 Å². The molecule has 1 unspecified atom stereocenters. The summed E-state index contributed by atoms with van der Waals surface area (Å²) in [4.78, 5) is 4.32. The molecule has 1 rings (SSSR count). The van der Waals surface area contributed by atoms with Gasteiger partial charge in [-0.2, -0.15) is 0 Å². The first-order chi connectivity index (χ1) is 5.87. The molecule has 0 saturated carbocycles. The predicted octanol–water partition coefficient (Wildman–Crippen LogP) is 1.46. The van der Waals surface area contributed by atoms with E-state index in [4.69, 9.17) is 9.84 Å². The molecule has 1 aliphatic heterocycles. The molecule has 0 saturated heterocycles. The van der Waals surface area contributed by atoms with Gasteiger partial charge in [0.05, 0.1) is 13.2 Å². The highest BCUT2D eigenvalue weighted by molar-refractivity contribution is 5.65. The summed E-state index contributed by atoms with van der Waals surface area (Å²) in [5, 5.41) is 9.12. The molecular formula is C10H19NO2. The number of aliphatic hydroxyl groups excluding tert-OH is 1. The number of rotatable bonds is 2. The Labute approximate surface area is 79.8 Å². The molecule has 0 aliphatic carbocycles. The first-order valence-electron chi connectivity index (χ1n) is 4.64. The van der Waals surface area contributed by atoms with E-state index < -0.39 is 0 Å². The van der Waals surface area contributed by atoms with Crippen LogP contribution in [0.3, 0.4) is 0 Å². The molecular weight excluding hydrogens is 166 g/mol. The van der Waals surface area contributed by atoms with Crippen LogP contribution in [0.5, 0.6) is 0 Å². The van der Waals surface area contributed by atoms with Crippen LogP contribution in [0.15, 0.2) is 4.99 Å². The second kappa shape index (κ2) is 3.39. The average molecular weight is 185 g/mol. The van der Waals surface area contributed by atoms with Gasteiger partial charge < -0.3 is 9.84 Å².